The van der Waals surface area contributed by atoms with Crippen LogP contribution in [0.5, 0.6) is 11.5 Å². The number of ether oxygens (including phenoxy) is 1. The van der Waals surface area contributed by atoms with Crippen molar-refractivity contribution in [2.45, 2.75) is 19.4 Å². The van der Waals surface area contributed by atoms with Crippen molar-refractivity contribution in [1.82, 2.24) is 5.32 Å². The normalized spacial score (nSPS) is 19.3. The molecule has 1 saturated heterocycles. The van der Waals surface area contributed by atoms with Crippen molar-refractivity contribution in [2.75, 3.05) is 12.4 Å². The van der Waals surface area contributed by atoms with E-state index in [-0.39, 0.29) is 15.7 Å². The Morgan fingerprint density at radius 1 is 1.12 bits per heavy atom. The van der Waals surface area contributed by atoms with E-state index in [1.54, 1.807) is 0 Å². The first-order chi connectivity index (χ1) is 12.6. The molecule has 2 amide bonds. The van der Waals surface area contributed by atoms with Gasteiger partial charge in [0.15, 0.2) is 0 Å². The highest BCUT2D eigenvalue weighted by Crippen LogP contribution is 2.34. The number of amides is 2. The van der Waals surface area contributed by atoms with E-state index in [9.17, 15) is 14.7 Å². The van der Waals surface area contributed by atoms with E-state index in [2.05, 4.69) is 5.32 Å². The van der Waals surface area contributed by atoms with E-state index in [1.807, 2.05) is 54.6 Å². The van der Waals surface area contributed by atoms with Crippen molar-refractivity contribution in [3.8, 4) is 11.5 Å². The number of nitrogens with one attached hydrogen (secondary N) is 1. The molecule has 1 heterocycles. The summed E-state index contributed by atoms with van der Waals surface area (Å²) in [6.45, 7) is 1.21. The Hall–Kier alpha value is -2.51. The molecule has 0 bridgehead atoms. The summed E-state index contributed by atoms with van der Waals surface area (Å²) in [6, 6.07) is 17.2. The molecule has 26 heavy (non-hydrogen) atoms. The van der Waals surface area contributed by atoms with Gasteiger partial charge in [0, 0.05) is 12.0 Å². The average Bonchev–Trinajstić information content (AvgIpc) is 2.98. The third kappa shape index (κ3) is 4.56. The second kappa shape index (κ2) is 8.25. The molecule has 6 nitrogen and oxygen atoms in total. The van der Waals surface area contributed by atoms with Gasteiger partial charge in [0.25, 0.3) is 0 Å². The molecule has 0 spiro atoms. The molecule has 1 atom stereocenters. The summed E-state index contributed by atoms with van der Waals surface area (Å²) in [5, 5.41) is 12.8. The van der Waals surface area contributed by atoms with Crippen LogP contribution in [0.2, 0.25) is 0 Å². The second-order valence-corrected chi connectivity index (χ2v) is 7.31. The maximum atomic E-state index is 12.4. The van der Waals surface area contributed by atoms with Crippen LogP contribution in [0.25, 0.3) is 0 Å². The van der Waals surface area contributed by atoms with Gasteiger partial charge in [-0.1, -0.05) is 18.2 Å². The van der Waals surface area contributed by atoms with Crippen molar-refractivity contribution in [3.63, 3.8) is 0 Å². The minimum Gasteiger partial charge on any atom is -0.530 e. The molecule has 1 N–H and O–H groups in total. The number of likely N-dealkylation sites (tertiary alicyclic amines) is 1. The van der Waals surface area contributed by atoms with Gasteiger partial charge in [0.05, 0.1) is 13.0 Å². The Labute approximate surface area is 156 Å². The number of hydrogen-bond donors (Lipinski definition) is 1. The lowest BCUT2D eigenvalue weighted by atomic mass is 10.2. The summed E-state index contributed by atoms with van der Waals surface area (Å²) >= 11 is 1.29. The lowest BCUT2D eigenvalue weighted by Gasteiger charge is -2.29. The third-order valence-electron chi connectivity index (χ3n) is 4.23. The Kier molecular flexibility index (Phi) is 5.80. The molecule has 1 fully saturated rings. The van der Waals surface area contributed by atoms with Crippen molar-refractivity contribution in [1.29, 1.82) is 0 Å². The molecule has 1 aliphatic rings. The van der Waals surface area contributed by atoms with Crippen LogP contribution in [0.4, 0.5) is 4.79 Å². The molecule has 0 saturated carbocycles. The largest absolute Gasteiger partial charge is 0.530 e. The SMILES string of the molecule is O=C([O-])NCS[N+]1(Cc2ccc(Oc3ccccc3)cc2)CCCC1=O. The maximum absolute atomic E-state index is 12.4. The Morgan fingerprint density at radius 2 is 1.81 bits per heavy atom. The molecule has 2 aromatic rings. The molecule has 0 radical (unpaired) electrons. The molecule has 2 aromatic carbocycles. The summed E-state index contributed by atoms with van der Waals surface area (Å²) in [6.07, 6.45) is 0.00424. The van der Waals surface area contributed by atoms with Crippen molar-refractivity contribution in [2.24, 2.45) is 0 Å². The zero-order valence-electron chi connectivity index (χ0n) is 14.2. The molecule has 0 aliphatic carbocycles. The number of carboxylic acid groups (broad SMARTS) is 1. The number of carbonyl (C=O) groups is 2. The Bertz CT molecular complexity index is 767. The monoisotopic (exact) mass is 372 g/mol. The molecule has 136 valence electrons. The number of rotatable bonds is 7. The van der Waals surface area contributed by atoms with E-state index in [0.717, 1.165) is 23.5 Å². The summed E-state index contributed by atoms with van der Waals surface area (Å²) < 4.78 is 5.98. The molecular formula is C19H20N2O4S. The zero-order valence-corrected chi connectivity index (χ0v) is 15.0. The third-order valence-corrected chi connectivity index (χ3v) is 5.52. The van der Waals surface area contributed by atoms with Crippen LogP contribution in [-0.2, 0) is 11.3 Å². The number of hydrogen-bond acceptors (Lipinski definition) is 5. The Balaban J connectivity index is 1.67. The highest BCUT2D eigenvalue weighted by atomic mass is 32.2. The van der Waals surface area contributed by atoms with Gasteiger partial charge in [-0.3, -0.25) is 0 Å². The van der Waals surface area contributed by atoms with Crippen LogP contribution in [-0.4, -0.2) is 28.3 Å². The number of carbonyl (C=O) groups excluding carboxylic acids is 2. The summed E-state index contributed by atoms with van der Waals surface area (Å²) in [5.41, 5.74) is 1.00. The van der Waals surface area contributed by atoms with E-state index >= 15 is 0 Å². The van der Waals surface area contributed by atoms with Gasteiger partial charge < -0.3 is 20.0 Å². The first kappa shape index (κ1) is 18.3. The van der Waals surface area contributed by atoms with Crippen LogP contribution in [0.3, 0.4) is 0 Å². The predicted octanol–water partition coefficient (Wildman–Crippen LogP) is 2.65. The highest BCUT2D eigenvalue weighted by molar-refractivity contribution is 7.94. The zero-order chi connectivity index (χ0) is 18.4. The van der Waals surface area contributed by atoms with Crippen LogP contribution in [0.1, 0.15) is 18.4 Å². The van der Waals surface area contributed by atoms with E-state index in [0.29, 0.717) is 19.5 Å². The minimum absolute atomic E-state index is 0.125. The molecular weight excluding hydrogens is 352 g/mol. The van der Waals surface area contributed by atoms with Crippen molar-refractivity contribution in [3.05, 3.63) is 60.2 Å². The standard InChI is InChI=1S/C19H20N2O4S/c22-18-7-4-12-21(18,26-14-20-19(23)24)13-15-8-10-17(11-9-15)25-16-5-2-1-3-6-16/h1-3,5-6,8-11,20H,4,7,12-14H2. The quantitative estimate of drug-likeness (QED) is 0.459. The van der Waals surface area contributed by atoms with Crippen LogP contribution < -0.4 is 15.2 Å². The molecule has 1 unspecified atom stereocenters. The Morgan fingerprint density at radius 3 is 2.42 bits per heavy atom. The molecule has 7 heteroatoms. The van der Waals surface area contributed by atoms with E-state index in [4.69, 9.17) is 4.74 Å². The van der Waals surface area contributed by atoms with Gasteiger partial charge in [0.2, 0.25) is 0 Å². The fraction of sp³-hybridized carbons (Fsp3) is 0.263. The van der Waals surface area contributed by atoms with E-state index in [1.165, 1.54) is 11.9 Å². The van der Waals surface area contributed by atoms with Gasteiger partial charge in [-0.15, -0.1) is 0 Å². The maximum Gasteiger partial charge on any atom is 0.325 e. The first-order valence-electron chi connectivity index (χ1n) is 8.39. The topological polar surface area (TPSA) is 78.5 Å². The average molecular weight is 372 g/mol. The fourth-order valence-electron chi connectivity index (χ4n) is 2.96. The minimum atomic E-state index is -1.33. The lowest BCUT2D eigenvalue weighted by molar-refractivity contribution is -0.721. The highest BCUT2D eigenvalue weighted by Gasteiger charge is 2.43. The number of benzene rings is 2. The second-order valence-electron chi connectivity index (χ2n) is 6.07. The summed E-state index contributed by atoms with van der Waals surface area (Å²) in [4.78, 5) is 23.0. The summed E-state index contributed by atoms with van der Waals surface area (Å²) in [7, 11) is 0. The van der Waals surface area contributed by atoms with Crippen LogP contribution in [0.15, 0.2) is 54.6 Å². The number of quaternary nitrogens is 1. The van der Waals surface area contributed by atoms with Gasteiger partial charge in [-0.2, -0.15) is 3.89 Å². The molecule has 3 rings (SSSR count). The number of nitrogens with zero attached hydrogens (tertiary/aromatic N) is 1. The van der Waals surface area contributed by atoms with E-state index < -0.39 is 6.09 Å². The predicted molar refractivity (Wildman–Crippen MR) is 97.0 cm³/mol. The molecule has 1 aliphatic heterocycles. The first-order valence-corrected chi connectivity index (χ1v) is 9.33. The van der Waals surface area contributed by atoms with Gasteiger partial charge in [-0.05, 0) is 36.4 Å². The van der Waals surface area contributed by atoms with Crippen molar-refractivity contribution >= 4 is 23.9 Å². The summed E-state index contributed by atoms with van der Waals surface area (Å²) in [5.74, 6) is 1.75. The lowest BCUT2D eigenvalue weighted by Crippen LogP contribution is -2.44. The van der Waals surface area contributed by atoms with Gasteiger partial charge in [0.1, 0.15) is 42.0 Å². The van der Waals surface area contributed by atoms with Gasteiger partial charge in [-0.25, -0.2) is 4.79 Å². The van der Waals surface area contributed by atoms with Crippen LogP contribution in [0, 0.1) is 0 Å². The van der Waals surface area contributed by atoms with Gasteiger partial charge >= 0.3 is 5.91 Å². The smallest absolute Gasteiger partial charge is 0.325 e. The molecule has 0 aromatic heterocycles. The van der Waals surface area contributed by atoms with Crippen molar-refractivity contribution < 1.29 is 23.3 Å². The number of para-hydroxylation sites is 1. The van der Waals surface area contributed by atoms with Crippen LogP contribution >= 0.6 is 11.9 Å². The fourth-order valence-corrected chi connectivity index (χ4v) is 4.12.